The Bertz CT molecular complexity index is 720. The monoisotopic (exact) mass is 331 g/mol. The lowest BCUT2D eigenvalue weighted by molar-refractivity contribution is -0.142. The fraction of sp³-hybridized carbons (Fsp3) is 0.412. The molecule has 2 heterocycles. The molecule has 1 saturated heterocycles. The number of benzene rings is 1. The maximum Gasteiger partial charge on any atom is 0.306 e. The van der Waals surface area contributed by atoms with Crippen LogP contribution < -0.4 is 14.4 Å². The zero-order chi connectivity index (χ0) is 17.1. The van der Waals surface area contributed by atoms with Crippen molar-refractivity contribution in [2.75, 3.05) is 32.2 Å². The second-order valence-corrected chi connectivity index (χ2v) is 5.81. The van der Waals surface area contributed by atoms with E-state index in [0.29, 0.717) is 37.4 Å². The van der Waals surface area contributed by atoms with Crippen molar-refractivity contribution in [1.82, 2.24) is 10.2 Å². The van der Waals surface area contributed by atoms with Crippen LogP contribution in [-0.4, -0.2) is 48.6 Å². The van der Waals surface area contributed by atoms with E-state index in [-0.39, 0.29) is 5.92 Å². The predicted molar refractivity (Wildman–Crippen MR) is 89.7 cm³/mol. The largest absolute Gasteiger partial charge is 0.493 e. The summed E-state index contributed by atoms with van der Waals surface area (Å²) in [5, 5.41) is 16.5. The summed E-state index contributed by atoms with van der Waals surface area (Å²) in [4.78, 5) is 13.1. The summed E-state index contributed by atoms with van der Waals surface area (Å²) >= 11 is 0. The summed E-state index contributed by atoms with van der Waals surface area (Å²) in [6.45, 7) is 1.40. The SMILES string of the molecule is COc1ccc(-c2cc(N3CCC(C(=O)O)CC3)n[nH]2)cc1OC. The molecular weight excluding hydrogens is 310 g/mol. The van der Waals surface area contributed by atoms with E-state index in [2.05, 4.69) is 15.1 Å². The Morgan fingerprint density at radius 2 is 1.92 bits per heavy atom. The van der Waals surface area contributed by atoms with Gasteiger partial charge in [0.1, 0.15) is 0 Å². The highest BCUT2D eigenvalue weighted by Gasteiger charge is 2.25. The number of H-pyrrole nitrogens is 1. The van der Waals surface area contributed by atoms with E-state index in [9.17, 15) is 4.79 Å². The Morgan fingerprint density at radius 3 is 2.54 bits per heavy atom. The van der Waals surface area contributed by atoms with Gasteiger partial charge in [-0.3, -0.25) is 9.89 Å². The van der Waals surface area contributed by atoms with Gasteiger partial charge < -0.3 is 19.5 Å². The van der Waals surface area contributed by atoms with Gasteiger partial charge in [-0.1, -0.05) is 0 Å². The van der Waals surface area contributed by atoms with Crippen molar-refractivity contribution in [3.63, 3.8) is 0 Å². The van der Waals surface area contributed by atoms with Gasteiger partial charge >= 0.3 is 5.97 Å². The summed E-state index contributed by atoms with van der Waals surface area (Å²) in [5.74, 6) is 1.22. The van der Waals surface area contributed by atoms with Gasteiger partial charge in [-0.2, -0.15) is 5.10 Å². The van der Waals surface area contributed by atoms with Gasteiger partial charge in [0.15, 0.2) is 17.3 Å². The molecule has 0 aliphatic carbocycles. The van der Waals surface area contributed by atoms with E-state index >= 15 is 0 Å². The molecule has 1 aliphatic rings. The number of carboxylic acid groups (broad SMARTS) is 1. The zero-order valence-electron chi connectivity index (χ0n) is 13.8. The van der Waals surface area contributed by atoms with Gasteiger partial charge in [0.25, 0.3) is 0 Å². The molecule has 0 bridgehead atoms. The Balaban J connectivity index is 1.75. The minimum Gasteiger partial charge on any atom is -0.493 e. The van der Waals surface area contributed by atoms with Crippen LogP contribution in [0.4, 0.5) is 5.82 Å². The standard InChI is InChI=1S/C17H21N3O4/c1-23-14-4-3-12(9-15(14)24-2)13-10-16(19-18-13)20-7-5-11(6-8-20)17(21)22/h3-4,9-11H,5-8H2,1-2H3,(H,18,19)(H,21,22). The number of aromatic nitrogens is 2. The number of piperidine rings is 1. The molecule has 0 spiro atoms. The molecule has 0 saturated carbocycles. The van der Waals surface area contributed by atoms with Crippen molar-refractivity contribution in [2.45, 2.75) is 12.8 Å². The quantitative estimate of drug-likeness (QED) is 0.875. The predicted octanol–water partition coefficient (Wildman–Crippen LogP) is 2.39. The summed E-state index contributed by atoms with van der Waals surface area (Å²) in [6.07, 6.45) is 1.29. The van der Waals surface area contributed by atoms with E-state index in [1.165, 1.54) is 0 Å². The Morgan fingerprint density at radius 1 is 1.21 bits per heavy atom. The first-order valence-electron chi connectivity index (χ1n) is 7.88. The average Bonchev–Trinajstić information content (AvgIpc) is 3.11. The molecule has 2 aromatic rings. The lowest BCUT2D eigenvalue weighted by atomic mass is 9.97. The van der Waals surface area contributed by atoms with Crippen molar-refractivity contribution < 1.29 is 19.4 Å². The molecule has 7 nitrogen and oxygen atoms in total. The molecule has 7 heteroatoms. The third-order valence-corrected chi connectivity index (χ3v) is 4.43. The summed E-state index contributed by atoms with van der Waals surface area (Å²) in [6, 6.07) is 7.66. The van der Waals surface area contributed by atoms with E-state index in [1.54, 1.807) is 14.2 Å². The Kier molecular flexibility index (Phi) is 4.59. The van der Waals surface area contributed by atoms with Crippen molar-refractivity contribution >= 4 is 11.8 Å². The average molecular weight is 331 g/mol. The van der Waals surface area contributed by atoms with Crippen LogP contribution in [0.2, 0.25) is 0 Å². The molecule has 0 radical (unpaired) electrons. The Labute approximate surface area is 140 Å². The van der Waals surface area contributed by atoms with Crippen LogP contribution in [0.3, 0.4) is 0 Å². The molecule has 24 heavy (non-hydrogen) atoms. The normalized spacial score (nSPS) is 15.3. The van der Waals surface area contributed by atoms with Crippen molar-refractivity contribution in [3.8, 4) is 22.8 Å². The molecule has 128 valence electrons. The summed E-state index contributed by atoms with van der Waals surface area (Å²) < 4.78 is 10.6. The lowest BCUT2D eigenvalue weighted by Gasteiger charge is -2.29. The van der Waals surface area contributed by atoms with Gasteiger partial charge in [0, 0.05) is 24.7 Å². The lowest BCUT2D eigenvalue weighted by Crippen LogP contribution is -2.36. The second kappa shape index (κ2) is 6.82. The number of ether oxygens (including phenoxy) is 2. The first kappa shape index (κ1) is 16.2. The third-order valence-electron chi connectivity index (χ3n) is 4.43. The molecule has 3 rings (SSSR count). The number of hydrogen-bond acceptors (Lipinski definition) is 5. The van der Waals surface area contributed by atoms with E-state index in [0.717, 1.165) is 17.1 Å². The summed E-state index contributed by atoms with van der Waals surface area (Å²) in [5.41, 5.74) is 1.83. The van der Waals surface area contributed by atoms with Crippen LogP contribution >= 0.6 is 0 Å². The number of rotatable bonds is 5. The molecule has 0 amide bonds. The van der Waals surface area contributed by atoms with Gasteiger partial charge in [-0.05, 0) is 31.0 Å². The number of nitrogens with one attached hydrogen (secondary N) is 1. The molecule has 1 aliphatic heterocycles. The molecule has 2 N–H and O–H groups in total. The Hall–Kier alpha value is -2.70. The highest BCUT2D eigenvalue weighted by atomic mass is 16.5. The van der Waals surface area contributed by atoms with Crippen molar-refractivity contribution in [1.29, 1.82) is 0 Å². The molecule has 1 fully saturated rings. The topological polar surface area (TPSA) is 87.7 Å². The van der Waals surface area contributed by atoms with E-state index in [1.807, 2.05) is 24.3 Å². The molecule has 1 aromatic carbocycles. The fourth-order valence-electron chi connectivity index (χ4n) is 2.98. The fourth-order valence-corrected chi connectivity index (χ4v) is 2.98. The number of aliphatic carboxylic acids is 1. The molecular formula is C17H21N3O4. The molecule has 0 atom stereocenters. The first-order chi connectivity index (χ1) is 11.6. The van der Waals surface area contributed by atoms with Gasteiger partial charge in [0.05, 0.1) is 25.8 Å². The van der Waals surface area contributed by atoms with Crippen molar-refractivity contribution in [2.24, 2.45) is 5.92 Å². The number of nitrogens with zero attached hydrogens (tertiary/aromatic N) is 2. The minimum atomic E-state index is -0.706. The molecule has 0 unspecified atom stereocenters. The van der Waals surface area contributed by atoms with Crippen LogP contribution in [0.15, 0.2) is 24.3 Å². The van der Waals surface area contributed by atoms with Crippen molar-refractivity contribution in [3.05, 3.63) is 24.3 Å². The smallest absolute Gasteiger partial charge is 0.306 e. The van der Waals surface area contributed by atoms with Crippen LogP contribution in [0.25, 0.3) is 11.3 Å². The second-order valence-electron chi connectivity index (χ2n) is 5.81. The van der Waals surface area contributed by atoms with Gasteiger partial charge in [-0.25, -0.2) is 0 Å². The summed E-state index contributed by atoms with van der Waals surface area (Å²) in [7, 11) is 3.21. The highest BCUT2D eigenvalue weighted by molar-refractivity contribution is 5.71. The molecule has 1 aromatic heterocycles. The zero-order valence-corrected chi connectivity index (χ0v) is 13.8. The number of methoxy groups -OCH3 is 2. The van der Waals surface area contributed by atoms with E-state index in [4.69, 9.17) is 14.6 Å². The van der Waals surface area contributed by atoms with Gasteiger partial charge in [-0.15, -0.1) is 0 Å². The maximum absolute atomic E-state index is 11.0. The maximum atomic E-state index is 11.0. The number of carbonyl (C=O) groups is 1. The highest BCUT2D eigenvalue weighted by Crippen LogP contribution is 2.33. The number of anilines is 1. The van der Waals surface area contributed by atoms with Crippen LogP contribution in [0.1, 0.15) is 12.8 Å². The number of carboxylic acids is 1. The minimum absolute atomic E-state index is 0.245. The van der Waals surface area contributed by atoms with Gasteiger partial charge in [0.2, 0.25) is 0 Å². The first-order valence-corrected chi connectivity index (χ1v) is 7.88. The van der Waals surface area contributed by atoms with E-state index < -0.39 is 5.97 Å². The number of aromatic amines is 1. The van der Waals surface area contributed by atoms with Crippen LogP contribution in [-0.2, 0) is 4.79 Å². The van der Waals surface area contributed by atoms with Crippen LogP contribution in [0.5, 0.6) is 11.5 Å². The van der Waals surface area contributed by atoms with Crippen LogP contribution in [0, 0.1) is 5.92 Å². The number of hydrogen-bond donors (Lipinski definition) is 2. The third kappa shape index (κ3) is 3.15.